The summed E-state index contributed by atoms with van der Waals surface area (Å²) in [6.45, 7) is 12.7. The number of sulfone groups is 1. The zero-order valence-electron chi connectivity index (χ0n) is 17.1. The molecule has 0 aliphatic heterocycles. The van der Waals surface area contributed by atoms with Crippen molar-refractivity contribution in [3.63, 3.8) is 0 Å². The molecule has 1 aromatic rings. The van der Waals surface area contributed by atoms with E-state index in [0.717, 1.165) is 19.0 Å². The SMILES string of the molecule is CCNC(=NCC(C)(C)CCS(C)(=O)=O)NCC(C)(C)c1ccccc1. The van der Waals surface area contributed by atoms with E-state index in [1.54, 1.807) is 0 Å². The third kappa shape index (κ3) is 8.70. The van der Waals surface area contributed by atoms with E-state index in [0.29, 0.717) is 13.0 Å². The summed E-state index contributed by atoms with van der Waals surface area (Å²) in [5.41, 5.74) is 1.08. The number of aliphatic imine (C=N–C) groups is 1. The van der Waals surface area contributed by atoms with Gasteiger partial charge in [-0.2, -0.15) is 0 Å². The number of nitrogens with zero attached hydrogens (tertiary/aromatic N) is 1. The number of hydrogen-bond donors (Lipinski definition) is 2. The lowest BCUT2D eigenvalue weighted by Gasteiger charge is -2.27. The fourth-order valence-electron chi connectivity index (χ4n) is 2.47. The average molecular weight is 382 g/mol. The summed E-state index contributed by atoms with van der Waals surface area (Å²) in [4.78, 5) is 4.68. The molecule has 0 heterocycles. The standard InChI is InChI=1S/C20H35N3O2S/c1-7-21-18(22-15-19(2,3)13-14-26(6,24)25)23-16-20(4,5)17-11-9-8-10-12-17/h8-12H,7,13-16H2,1-6H3,(H2,21,22,23). The molecule has 148 valence electrons. The maximum Gasteiger partial charge on any atom is 0.191 e. The van der Waals surface area contributed by atoms with Gasteiger partial charge >= 0.3 is 0 Å². The summed E-state index contributed by atoms with van der Waals surface area (Å²) in [7, 11) is -2.95. The summed E-state index contributed by atoms with van der Waals surface area (Å²) in [5.74, 6) is 0.963. The fourth-order valence-corrected chi connectivity index (χ4v) is 3.40. The minimum atomic E-state index is -2.95. The molecule has 0 fully saturated rings. The van der Waals surface area contributed by atoms with E-state index >= 15 is 0 Å². The van der Waals surface area contributed by atoms with Crippen molar-refractivity contribution >= 4 is 15.8 Å². The van der Waals surface area contributed by atoms with Gasteiger partial charge in [-0.3, -0.25) is 4.99 Å². The largest absolute Gasteiger partial charge is 0.357 e. The van der Waals surface area contributed by atoms with Gasteiger partial charge in [-0.25, -0.2) is 8.42 Å². The molecule has 0 aliphatic carbocycles. The second-order valence-corrected chi connectivity index (χ2v) is 10.6. The minimum absolute atomic E-state index is 0.0245. The molecule has 0 saturated carbocycles. The highest BCUT2D eigenvalue weighted by atomic mass is 32.2. The maximum absolute atomic E-state index is 11.4. The molecule has 0 saturated heterocycles. The molecule has 0 atom stereocenters. The van der Waals surface area contributed by atoms with Crippen molar-refractivity contribution < 1.29 is 8.42 Å². The molecule has 1 aromatic carbocycles. The van der Waals surface area contributed by atoms with Crippen LogP contribution in [-0.4, -0.2) is 46.0 Å². The van der Waals surface area contributed by atoms with Gasteiger partial charge in [-0.15, -0.1) is 0 Å². The summed E-state index contributed by atoms with van der Waals surface area (Å²) < 4.78 is 22.8. The van der Waals surface area contributed by atoms with Gasteiger partial charge in [0.15, 0.2) is 5.96 Å². The quantitative estimate of drug-likeness (QED) is 0.510. The first kappa shape index (κ1) is 22.5. The molecule has 0 aliphatic rings. The predicted octanol–water partition coefficient (Wildman–Crippen LogP) is 2.98. The van der Waals surface area contributed by atoms with E-state index in [9.17, 15) is 8.42 Å². The number of guanidine groups is 1. The van der Waals surface area contributed by atoms with E-state index in [2.05, 4.69) is 67.6 Å². The van der Waals surface area contributed by atoms with Crippen LogP contribution in [0.1, 0.15) is 46.6 Å². The monoisotopic (exact) mass is 381 g/mol. The van der Waals surface area contributed by atoms with Gasteiger partial charge in [-0.1, -0.05) is 58.0 Å². The van der Waals surface area contributed by atoms with Gasteiger partial charge in [0.25, 0.3) is 0 Å². The Hall–Kier alpha value is -1.56. The van der Waals surface area contributed by atoms with Crippen molar-refractivity contribution in [1.29, 1.82) is 0 Å². The lowest BCUT2D eigenvalue weighted by Crippen LogP contribution is -2.44. The molecule has 26 heavy (non-hydrogen) atoms. The number of benzene rings is 1. The van der Waals surface area contributed by atoms with Crippen LogP contribution in [0, 0.1) is 5.41 Å². The van der Waals surface area contributed by atoms with Crippen LogP contribution in [0.5, 0.6) is 0 Å². The van der Waals surface area contributed by atoms with Crippen molar-refractivity contribution in [2.24, 2.45) is 10.4 Å². The van der Waals surface area contributed by atoms with Crippen LogP contribution in [0.2, 0.25) is 0 Å². The summed E-state index contributed by atoms with van der Waals surface area (Å²) >= 11 is 0. The topological polar surface area (TPSA) is 70.6 Å². The Morgan fingerprint density at radius 1 is 1.08 bits per heavy atom. The van der Waals surface area contributed by atoms with Crippen LogP contribution in [0.4, 0.5) is 0 Å². The van der Waals surface area contributed by atoms with E-state index in [4.69, 9.17) is 0 Å². The van der Waals surface area contributed by atoms with Gasteiger partial charge in [0.1, 0.15) is 9.84 Å². The summed E-state index contributed by atoms with van der Waals surface area (Å²) in [6.07, 6.45) is 1.88. The van der Waals surface area contributed by atoms with Crippen LogP contribution in [0.25, 0.3) is 0 Å². The molecular formula is C20H35N3O2S. The highest BCUT2D eigenvalue weighted by Crippen LogP contribution is 2.23. The molecule has 0 spiro atoms. The van der Waals surface area contributed by atoms with E-state index in [1.807, 2.05) is 13.0 Å². The van der Waals surface area contributed by atoms with Crippen molar-refractivity contribution in [2.75, 3.05) is 31.6 Å². The molecule has 0 unspecified atom stereocenters. The normalized spacial score (nSPS) is 13.5. The van der Waals surface area contributed by atoms with Crippen LogP contribution in [0.15, 0.2) is 35.3 Å². The highest BCUT2D eigenvalue weighted by molar-refractivity contribution is 7.90. The lowest BCUT2D eigenvalue weighted by atomic mass is 9.85. The predicted molar refractivity (Wildman–Crippen MR) is 112 cm³/mol. The van der Waals surface area contributed by atoms with E-state index < -0.39 is 9.84 Å². The third-order valence-electron chi connectivity index (χ3n) is 4.41. The van der Waals surface area contributed by atoms with Crippen molar-refractivity contribution in [1.82, 2.24) is 10.6 Å². The average Bonchev–Trinajstić information content (AvgIpc) is 2.56. The second-order valence-electron chi connectivity index (χ2n) is 8.34. The number of nitrogens with one attached hydrogen (secondary N) is 2. The Bertz CT molecular complexity index is 680. The Labute approximate surface area is 159 Å². The molecule has 5 nitrogen and oxygen atoms in total. The van der Waals surface area contributed by atoms with Gasteiger partial charge in [0.05, 0.1) is 5.75 Å². The van der Waals surface area contributed by atoms with Crippen molar-refractivity contribution in [3.8, 4) is 0 Å². The van der Waals surface area contributed by atoms with Crippen LogP contribution < -0.4 is 10.6 Å². The number of hydrogen-bond acceptors (Lipinski definition) is 3. The third-order valence-corrected chi connectivity index (χ3v) is 5.36. The zero-order valence-corrected chi connectivity index (χ0v) is 17.9. The molecular weight excluding hydrogens is 346 g/mol. The van der Waals surface area contributed by atoms with Gasteiger partial charge in [-0.05, 0) is 24.3 Å². The summed E-state index contributed by atoms with van der Waals surface area (Å²) in [6, 6.07) is 10.4. The van der Waals surface area contributed by atoms with Crippen LogP contribution in [0.3, 0.4) is 0 Å². The van der Waals surface area contributed by atoms with Gasteiger partial charge in [0, 0.05) is 31.3 Å². The fraction of sp³-hybridized carbons (Fsp3) is 0.650. The molecule has 0 aromatic heterocycles. The first-order valence-corrected chi connectivity index (χ1v) is 11.3. The Morgan fingerprint density at radius 3 is 2.23 bits per heavy atom. The Morgan fingerprint density at radius 2 is 1.69 bits per heavy atom. The molecule has 0 radical (unpaired) electrons. The molecule has 0 bridgehead atoms. The van der Waals surface area contributed by atoms with Crippen LogP contribution in [-0.2, 0) is 15.3 Å². The maximum atomic E-state index is 11.4. The lowest BCUT2D eigenvalue weighted by molar-refractivity contribution is 0.365. The van der Waals surface area contributed by atoms with Crippen LogP contribution >= 0.6 is 0 Å². The molecule has 2 N–H and O–H groups in total. The zero-order chi connectivity index (χ0) is 19.8. The van der Waals surface area contributed by atoms with Crippen molar-refractivity contribution in [2.45, 2.75) is 46.5 Å². The highest BCUT2D eigenvalue weighted by Gasteiger charge is 2.22. The van der Waals surface area contributed by atoms with E-state index in [1.165, 1.54) is 11.8 Å². The first-order chi connectivity index (χ1) is 12.0. The Balaban J connectivity index is 2.71. The number of rotatable bonds is 9. The minimum Gasteiger partial charge on any atom is -0.357 e. The Kier molecular flexibility index (Phi) is 8.13. The molecule has 1 rings (SSSR count). The smallest absolute Gasteiger partial charge is 0.191 e. The summed E-state index contributed by atoms with van der Waals surface area (Å²) in [5, 5.41) is 6.70. The second kappa shape index (κ2) is 9.40. The molecule has 6 heteroatoms. The first-order valence-electron chi connectivity index (χ1n) is 9.21. The van der Waals surface area contributed by atoms with Gasteiger partial charge in [0.2, 0.25) is 0 Å². The van der Waals surface area contributed by atoms with E-state index in [-0.39, 0.29) is 16.6 Å². The molecule has 0 amide bonds. The van der Waals surface area contributed by atoms with Crippen molar-refractivity contribution in [3.05, 3.63) is 35.9 Å². The van der Waals surface area contributed by atoms with Gasteiger partial charge < -0.3 is 10.6 Å².